The van der Waals surface area contributed by atoms with Crippen LogP contribution >= 0.6 is 0 Å². The quantitative estimate of drug-likeness (QED) is 0.334. The summed E-state index contributed by atoms with van der Waals surface area (Å²) in [5.74, 6) is -0.849. The van der Waals surface area contributed by atoms with E-state index in [0.29, 0.717) is 17.4 Å². The van der Waals surface area contributed by atoms with E-state index in [9.17, 15) is 41.2 Å². The number of sulfone groups is 1. The van der Waals surface area contributed by atoms with Gasteiger partial charge in [0.2, 0.25) is 5.70 Å². The monoisotopic (exact) mass is 617 g/mol. The second-order valence-electron chi connectivity index (χ2n) is 9.47. The number of amides is 4. The van der Waals surface area contributed by atoms with Gasteiger partial charge in [-0.1, -0.05) is 25.5 Å². The van der Waals surface area contributed by atoms with Crippen molar-refractivity contribution in [2.45, 2.75) is 49.8 Å². The van der Waals surface area contributed by atoms with Crippen LogP contribution in [0.5, 0.6) is 0 Å². The van der Waals surface area contributed by atoms with Gasteiger partial charge in [0.15, 0.2) is 9.84 Å². The van der Waals surface area contributed by atoms with Crippen LogP contribution in [0.3, 0.4) is 0 Å². The maximum Gasteiger partial charge on any atom is 0.416 e. The third kappa shape index (κ3) is 6.62. The summed E-state index contributed by atoms with van der Waals surface area (Å²) >= 11 is 0. The number of urea groups is 2. The van der Waals surface area contributed by atoms with Gasteiger partial charge in [-0.15, -0.1) is 0 Å². The zero-order chi connectivity index (χ0) is 32.3. The summed E-state index contributed by atoms with van der Waals surface area (Å²) in [6, 6.07) is 3.47. The fourth-order valence-electron chi connectivity index (χ4n) is 4.60. The number of ether oxygens (including phenoxy) is 1. The largest absolute Gasteiger partial charge is 0.467 e. The van der Waals surface area contributed by atoms with E-state index in [1.165, 1.54) is 25.1 Å². The molecular formula is C28H26F3N5O6S. The van der Waals surface area contributed by atoms with Gasteiger partial charge in [-0.25, -0.2) is 32.5 Å². The number of esters is 1. The first-order valence-corrected chi connectivity index (χ1v) is 14.5. The van der Waals surface area contributed by atoms with Crippen LogP contribution in [0.2, 0.25) is 0 Å². The van der Waals surface area contributed by atoms with Crippen molar-refractivity contribution in [3.63, 3.8) is 0 Å². The van der Waals surface area contributed by atoms with Gasteiger partial charge in [0.1, 0.15) is 12.1 Å². The zero-order valence-corrected chi connectivity index (χ0v) is 24.2. The summed E-state index contributed by atoms with van der Waals surface area (Å²) in [7, 11) is -3.04. The molecule has 2 aromatic carbocycles. The van der Waals surface area contributed by atoms with Crippen LogP contribution in [0, 0.1) is 17.9 Å². The Morgan fingerprint density at radius 1 is 1.23 bits per heavy atom. The number of carbonyl (C=O) groups excluding carboxylic acids is 3. The Bertz CT molecular complexity index is 1690. The highest BCUT2D eigenvalue weighted by atomic mass is 32.2. The summed E-state index contributed by atoms with van der Waals surface area (Å²) in [5, 5.41) is 11.7. The molecule has 11 nitrogen and oxygen atoms in total. The first-order chi connectivity index (χ1) is 20.1. The topological polar surface area (TPSA) is 141 Å². The number of anilines is 1. The molecular weight excluding hydrogens is 591 g/mol. The van der Waals surface area contributed by atoms with E-state index in [1.54, 1.807) is 13.0 Å². The fraction of sp³-hybridized carbons (Fsp3) is 0.321. The number of benzene rings is 2. The van der Waals surface area contributed by atoms with Crippen molar-refractivity contribution < 1.29 is 40.7 Å². The number of hydrogen-bond acceptors (Lipinski definition) is 7. The number of hydrogen-bond donors (Lipinski definition) is 1. The predicted octanol–water partition coefficient (Wildman–Crippen LogP) is 5.17. The normalized spacial score (nSPS) is 16.3. The number of carbonyl (C=O) groups is 3. The number of alkyl halides is 3. The lowest BCUT2D eigenvalue weighted by Crippen LogP contribution is -2.57. The van der Waals surface area contributed by atoms with Crippen molar-refractivity contribution in [1.29, 1.82) is 5.26 Å². The second-order valence-corrected chi connectivity index (χ2v) is 11.5. The summed E-state index contributed by atoms with van der Waals surface area (Å²) in [5.41, 5.74) is -2.25. The van der Waals surface area contributed by atoms with E-state index >= 15 is 0 Å². The Morgan fingerprint density at radius 2 is 1.91 bits per heavy atom. The number of allylic oxidation sites excluding steroid dienone is 1. The number of methoxy groups -OCH3 is 1. The van der Waals surface area contributed by atoms with Crippen molar-refractivity contribution in [2.75, 3.05) is 18.3 Å². The number of nitrogens with zero attached hydrogens (tertiary/aromatic N) is 4. The molecule has 1 heterocycles. The van der Waals surface area contributed by atoms with E-state index < -0.39 is 56.6 Å². The van der Waals surface area contributed by atoms with Gasteiger partial charge >= 0.3 is 24.2 Å². The molecule has 0 unspecified atom stereocenters. The maximum absolute atomic E-state index is 14.1. The first-order valence-electron chi connectivity index (χ1n) is 12.6. The number of nitrogens with one attached hydrogen (secondary N) is 1. The molecule has 0 saturated heterocycles. The highest BCUT2D eigenvalue weighted by Gasteiger charge is 2.46. The van der Waals surface area contributed by atoms with Crippen LogP contribution in [0.25, 0.3) is 4.85 Å². The van der Waals surface area contributed by atoms with E-state index in [0.717, 1.165) is 36.5 Å². The van der Waals surface area contributed by atoms with Crippen LogP contribution < -0.4 is 10.2 Å². The SMILES string of the molecule is [C-]#[N+]C1=C(C)N(c2cccc(C(F)(F)F)c2)C(=O)N(C(=O)N[C@@H](CCC)C(=O)OC)[C@@H]1c1ccc(C#N)cc1S(C)(=O)=O. The van der Waals surface area contributed by atoms with Gasteiger partial charge in [0.25, 0.3) is 0 Å². The number of nitriles is 1. The van der Waals surface area contributed by atoms with Crippen LogP contribution in [-0.2, 0) is 25.5 Å². The van der Waals surface area contributed by atoms with Crippen LogP contribution in [0.15, 0.2) is 58.8 Å². The van der Waals surface area contributed by atoms with Crippen molar-refractivity contribution in [2.24, 2.45) is 0 Å². The molecule has 15 heteroatoms. The number of rotatable bonds is 7. The van der Waals surface area contributed by atoms with Gasteiger partial charge < -0.3 is 10.1 Å². The van der Waals surface area contributed by atoms with Crippen molar-refractivity contribution >= 4 is 33.6 Å². The fourth-order valence-corrected chi connectivity index (χ4v) is 5.55. The number of imide groups is 1. The lowest BCUT2D eigenvalue weighted by Gasteiger charge is -2.41. The van der Waals surface area contributed by atoms with Gasteiger partial charge in [-0.3, -0.25) is 4.90 Å². The molecule has 1 aliphatic heterocycles. The molecule has 0 aromatic heterocycles. The Kier molecular flexibility index (Phi) is 9.52. The Morgan fingerprint density at radius 3 is 2.44 bits per heavy atom. The van der Waals surface area contributed by atoms with E-state index in [2.05, 4.69) is 10.2 Å². The lowest BCUT2D eigenvalue weighted by atomic mass is 9.97. The predicted molar refractivity (Wildman–Crippen MR) is 147 cm³/mol. The molecule has 226 valence electrons. The summed E-state index contributed by atoms with van der Waals surface area (Å²) in [4.78, 5) is 44.5. The summed E-state index contributed by atoms with van der Waals surface area (Å²) in [6.45, 7) is 10.9. The summed E-state index contributed by atoms with van der Waals surface area (Å²) < 4.78 is 71.0. The minimum atomic E-state index is -4.78. The Hall–Kier alpha value is -4.89. The highest BCUT2D eigenvalue weighted by Crippen LogP contribution is 2.43. The molecule has 2 aromatic rings. The Balaban J connectivity index is 2.37. The summed E-state index contributed by atoms with van der Waals surface area (Å²) in [6.07, 6.45) is -3.47. The smallest absolute Gasteiger partial charge is 0.416 e. The molecule has 1 aliphatic rings. The van der Waals surface area contributed by atoms with Crippen LogP contribution in [-0.4, -0.2) is 50.8 Å². The van der Waals surface area contributed by atoms with E-state index in [1.807, 2.05) is 0 Å². The average molecular weight is 618 g/mol. The minimum Gasteiger partial charge on any atom is -0.467 e. The average Bonchev–Trinajstić information content (AvgIpc) is 2.95. The van der Waals surface area contributed by atoms with Crippen molar-refractivity contribution in [3.8, 4) is 6.07 Å². The molecule has 2 atom stereocenters. The molecule has 0 bridgehead atoms. The third-order valence-electron chi connectivity index (χ3n) is 6.59. The third-order valence-corrected chi connectivity index (χ3v) is 7.74. The molecule has 3 rings (SSSR count). The molecule has 0 spiro atoms. The van der Waals surface area contributed by atoms with Crippen molar-refractivity contribution in [3.05, 3.63) is 82.0 Å². The number of halogens is 3. The van der Waals surface area contributed by atoms with E-state index in [4.69, 9.17) is 11.3 Å². The first kappa shape index (κ1) is 32.6. The lowest BCUT2D eigenvalue weighted by molar-refractivity contribution is -0.143. The van der Waals surface area contributed by atoms with Gasteiger partial charge in [-0.05, 0) is 49.2 Å². The van der Waals surface area contributed by atoms with Crippen molar-refractivity contribution in [1.82, 2.24) is 10.2 Å². The Labute approximate surface area is 245 Å². The maximum atomic E-state index is 14.1. The van der Waals surface area contributed by atoms with E-state index in [-0.39, 0.29) is 34.6 Å². The molecule has 4 amide bonds. The van der Waals surface area contributed by atoms with Gasteiger partial charge in [-0.2, -0.15) is 18.4 Å². The molecule has 0 aliphatic carbocycles. The van der Waals surface area contributed by atoms with Crippen LogP contribution in [0.4, 0.5) is 28.4 Å². The molecule has 0 saturated carbocycles. The van der Waals surface area contributed by atoms with Crippen LogP contribution in [0.1, 0.15) is 49.4 Å². The minimum absolute atomic E-state index is 0.0633. The molecule has 0 radical (unpaired) electrons. The van der Waals surface area contributed by atoms with Gasteiger partial charge in [0.05, 0.1) is 35.8 Å². The standard InChI is InChI=1S/C28H26F3N5O6S/c1-6-8-21(25(37)42-4)34-26(38)36-24(20-12-11-17(15-32)13-22(20)43(5,40)41)23(33-3)16(2)35(27(36)39)19-10-7-9-18(14-19)28(29,30)31/h7,9-14,21,24H,6,8H2,1-2,4-5H3,(H,34,38)/t21-,24+/m0/s1. The molecule has 1 N–H and O–H groups in total. The highest BCUT2D eigenvalue weighted by molar-refractivity contribution is 7.90. The zero-order valence-electron chi connectivity index (χ0n) is 23.4. The second kappa shape index (κ2) is 12.5. The van der Waals surface area contributed by atoms with Gasteiger partial charge in [0, 0.05) is 17.6 Å². The molecule has 43 heavy (non-hydrogen) atoms. The molecule has 0 fully saturated rings.